The number of hydrogen-bond acceptors (Lipinski definition) is 4. The van der Waals surface area contributed by atoms with Gasteiger partial charge in [-0.05, 0) is 18.2 Å². The number of benzene rings is 2. The largest absolute Gasteiger partial charge is 0.423 e. The first-order valence-corrected chi connectivity index (χ1v) is 8.49. The van der Waals surface area contributed by atoms with Crippen molar-refractivity contribution >= 4 is 62.0 Å². The summed E-state index contributed by atoms with van der Waals surface area (Å²) in [5, 5.41) is 3.87. The Balaban J connectivity index is 1.60. The molecule has 4 aromatic rings. The molecule has 0 aliphatic heterocycles. The Bertz CT molecular complexity index is 1100. The molecule has 0 spiro atoms. The fraction of sp³-hybridized carbons (Fsp3) is 0. The molecule has 0 saturated carbocycles. The first-order chi connectivity index (χ1) is 12.1. The number of amides is 1. The van der Waals surface area contributed by atoms with E-state index in [0.717, 1.165) is 10.1 Å². The number of oxazole rings is 1. The van der Waals surface area contributed by atoms with Crippen molar-refractivity contribution in [1.29, 1.82) is 0 Å². The Morgan fingerprint density at radius 1 is 1.20 bits per heavy atom. The first kappa shape index (κ1) is 15.6. The van der Waals surface area contributed by atoms with Gasteiger partial charge in [-0.2, -0.15) is 9.98 Å². The van der Waals surface area contributed by atoms with Gasteiger partial charge in [-0.15, -0.1) is 11.3 Å². The van der Waals surface area contributed by atoms with Crippen LogP contribution in [0.3, 0.4) is 0 Å². The van der Waals surface area contributed by atoms with E-state index in [1.807, 2.05) is 36.4 Å². The summed E-state index contributed by atoms with van der Waals surface area (Å²) in [4.78, 5) is 20.8. The number of nitrogens with one attached hydrogen (secondary N) is 1. The molecular formula is C17H11ClN4O2S. The van der Waals surface area contributed by atoms with E-state index in [9.17, 15) is 4.79 Å². The van der Waals surface area contributed by atoms with Crippen molar-refractivity contribution in [3.8, 4) is 0 Å². The summed E-state index contributed by atoms with van der Waals surface area (Å²) in [7, 11) is 0. The van der Waals surface area contributed by atoms with Crippen LogP contribution in [-0.2, 0) is 0 Å². The van der Waals surface area contributed by atoms with Gasteiger partial charge in [0.2, 0.25) is 5.96 Å². The molecule has 0 bridgehead atoms. The molecule has 0 saturated heterocycles. The van der Waals surface area contributed by atoms with Crippen molar-refractivity contribution in [2.45, 2.75) is 0 Å². The number of nitrogens with two attached hydrogens (primary N) is 1. The Kier molecular flexibility index (Phi) is 3.87. The summed E-state index contributed by atoms with van der Waals surface area (Å²) in [6.07, 6.45) is 0. The summed E-state index contributed by atoms with van der Waals surface area (Å²) >= 11 is 7.55. The normalized spacial score (nSPS) is 12.0. The lowest BCUT2D eigenvalue weighted by Gasteiger charge is -1.99. The maximum atomic E-state index is 12.4. The van der Waals surface area contributed by atoms with Gasteiger partial charge in [0, 0.05) is 10.1 Å². The highest BCUT2D eigenvalue weighted by atomic mass is 35.5. The van der Waals surface area contributed by atoms with Gasteiger partial charge in [-0.3, -0.25) is 10.1 Å². The molecule has 0 fully saturated rings. The summed E-state index contributed by atoms with van der Waals surface area (Å²) in [6, 6.07) is 14.9. The Hall–Kier alpha value is -2.90. The lowest BCUT2D eigenvalue weighted by Crippen LogP contribution is -2.24. The second-order valence-corrected chi connectivity index (χ2v) is 6.59. The molecule has 25 heavy (non-hydrogen) atoms. The minimum atomic E-state index is -0.521. The molecular weight excluding hydrogens is 360 g/mol. The number of rotatable bonds is 2. The van der Waals surface area contributed by atoms with Crippen LogP contribution in [0.15, 0.2) is 57.9 Å². The topological polar surface area (TPSA) is 93.5 Å². The molecule has 124 valence electrons. The third-order valence-electron chi connectivity index (χ3n) is 3.48. The third-order valence-corrected chi connectivity index (χ3v) is 5.14. The second kappa shape index (κ2) is 6.19. The van der Waals surface area contributed by atoms with Gasteiger partial charge in [-0.25, -0.2) is 0 Å². The van der Waals surface area contributed by atoms with Crippen LogP contribution in [0.1, 0.15) is 9.67 Å². The number of aromatic nitrogens is 1. The number of hydrogen-bond donors (Lipinski definition) is 2. The average molecular weight is 371 g/mol. The molecule has 2 aromatic heterocycles. The van der Waals surface area contributed by atoms with E-state index in [1.165, 1.54) is 11.3 Å². The molecule has 0 atom stereocenters. The van der Waals surface area contributed by atoms with Crippen molar-refractivity contribution in [2.24, 2.45) is 10.7 Å². The minimum Gasteiger partial charge on any atom is -0.423 e. The lowest BCUT2D eigenvalue weighted by atomic mass is 10.2. The number of carbonyl (C=O) groups is 1. The van der Waals surface area contributed by atoms with E-state index >= 15 is 0 Å². The van der Waals surface area contributed by atoms with Crippen LogP contribution < -0.4 is 11.1 Å². The van der Waals surface area contributed by atoms with Gasteiger partial charge in [0.25, 0.3) is 5.91 Å². The predicted octanol–water partition coefficient (Wildman–Crippen LogP) is 4.26. The standard InChI is InChI=1S/C17H11ClN4O2S/c18-13-9-5-1-4-8-12(9)25-14(13)15(23)21-16(19)22-17-20-10-6-2-3-7-11(10)24-17/h1-8H,(H3,19,20,21,22,23). The predicted molar refractivity (Wildman–Crippen MR) is 100 cm³/mol. The second-order valence-electron chi connectivity index (χ2n) is 5.16. The molecule has 0 unspecified atom stereocenters. The van der Waals surface area contributed by atoms with Crippen LogP contribution in [0.2, 0.25) is 5.02 Å². The van der Waals surface area contributed by atoms with Crippen LogP contribution in [-0.4, -0.2) is 16.9 Å². The smallest absolute Gasteiger partial charge is 0.302 e. The average Bonchev–Trinajstić information content (AvgIpc) is 3.15. The zero-order valence-corrected chi connectivity index (χ0v) is 14.3. The highest BCUT2D eigenvalue weighted by molar-refractivity contribution is 7.21. The first-order valence-electron chi connectivity index (χ1n) is 7.30. The molecule has 0 aliphatic rings. The van der Waals surface area contributed by atoms with Crippen LogP contribution in [0, 0.1) is 0 Å². The maximum absolute atomic E-state index is 12.4. The van der Waals surface area contributed by atoms with Crippen molar-refractivity contribution < 1.29 is 9.21 Å². The fourth-order valence-electron chi connectivity index (χ4n) is 2.37. The monoisotopic (exact) mass is 370 g/mol. The lowest BCUT2D eigenvalue weighted by molar-refractivity contribution is 0.101. The summed E-state index contributed by atoms with van der Waals surface area (Å²) < 4.78 is 6.39. The van der Waals surface area contributed by atoms with Crippen molar-refractivity contribution in [3.63, 3.8) is 0 Å². The van der Waals surface area contributed by atoms with Gasteiger partial charge >= 0.3 is 6.01 Å². The third kappa shape index (κ3) is 2.95. The number of aliphatic imine (C=N–C) groups is 1. The molecule has 1 amide bonds. The number of carbonyl (C=O) groups excluding carboxylic acids is 1. The summed E-state index contributed by atoms with van der Waals surface area (Å²) in [5.41, 5.74) is 7.08. The number of nitrogens with zero attached hydrogens (tertiary/aromatic N) is 2. The van der Waals surface area contributed by atoms with E-state index in [2.05, 4.69) is 15.3 Å². The zero-order valence-electron chi connectivity index (χ0n) is 12.7. The SMILES string of the molecule is N/C(=N/C(=O)c1sc2ccccc2c1Cl)Nc1nc2ccccc2o1. The number of guanidine groups is 1. The van der Waals surface area contributed by atoms with Gasteiger partial charge in [0.15, 0.2) is 5.58 Å². The van der Waals surface area contributed by atoms with E-state index in [1.54, 1.807) is 12.1 Å². The number of thiophene rings is 1. The highest BCUT2D eigenvalue weighted by Gasteiger charge is 2.17. The molecule has 2 heterocycles. The van der Waals surface area contributed by atoms with Crippen LogP contribution >= 0.6 is 22.9 Å². The Morgan fingerprint density at radius 3 is 2.76 bits per heavy atom. The molecule has 3 N–H and O–H groups in total. The zero-order chi connectivity index (χ0) is 17.4. The molecule has 4 rings (SSSR count). The van der Waals surface area contributed by atoms with Gasteiger partial charge < -0.3 is 10.2 Å². The molecule has 8 heteroatoms. The van der Waals surface area contributed by atoms with E-state index in [-0.39, 0.29) is 12.0 Å². The number of anilines is 1. The van der Waals surface area contributed by atoms with Crippen molar-refractivity contribution in [2.75, 3.05) is 5.32 Å². The molecule has 6 nitrogen and oxygen atoms in total. The van der Waals surface area contributed by atoms with Gasteiger partial charge in [-0.1, -0.05) is 41.9 Å². The number of halogens is 1. The number of para-hydroxylation sites is 2. The molecule has 2 aromatic carbocycles. The number of fused-ring (bicyclic) bond motifs is 2. The summed E-state index contributed by atoms with van der Waals surface area (Å²) in [6.45, 7) is 0. The molecule has 0 aliphatic carbocycles. The fourth-order valence-corrected chi connectivity index (χ4v) is 3.77. The Morgan fingerprint density at radius 2 is 1.96 bits per heavy atom. The summed E-state index contributed by atoms with van der Waals surface area (Å²) in [5.74, 6) is -0.641. The van der Waals surface area contributed by atoms with E-state index < -0.39 is 5.91 Å². The van der Waals surface area contributed by atoms with Crippen LogP contribution in [0.25, 0.3) is 21.2 Å². The van der Waals surface area contributed by atoms with Crippen LogP contribution in [0.4, 0.5) is 6.01 Å². The van der Waals surface area contributed by atoms with E-state index in [0.29, 0.717) is 21.0 Å². The quantitative estimate of drug-likeness (QED) is 0.406. The van der Waals surface area contributed by atoms with E-state index in [4.69, 9.17) is 21.8 Å². The highest BCUT2D eigenvalue weighted by Crippen LogP contribution is 2.35. The van der Waals surface area contributed by atoms with Crippen molar-refractivity contribution in [1.82, 2.24) is 4.98 Å². The maximum Gasteiger partial charge on any atom is 0.302 e. The van der Waals surface area contributed by atoms with Gasteiger partial charge in [0.05, 0.1) is 5.02 Å². The van der Waals surface area contributed by atoms with Gasteiger partial charge in [0.1, 0.15) is 10.4 Å². The van der Waals surface area contributed by atoms with Crippen molar-refractivity contribution in [3.05, 3.63) is 58.4 Å². The van der Waals surface area contributed by atoms with Crippen LogP contribution in [0.5, 0.6) is 0 Å². The molecule has 0 radical (unpaired) electrons. The Labute approximate surface area is 150 Å². The minimum absolute atomic E-state index is 0.120.